The highest BCUT2D eigenvalue weighted by atomic mass is 16.5. The fraction of sp³-hybridized carbons (Fsp3) is 0.688. The van der Waals surface area contributed by atoms with E-state index in [1.54, 1.807) is 25.3 Å². The van der Waals surface area contributed by atoms with Gasteiger partial charge in [0, 0.05) is 45.2 Å². The number of hydrogen-bond acceptors (Lipinski definition) is 4. The maximum atomic E-state index is 11.6. The number of urea groups is 1. The van der Waals surface area contributed by atoms with Gasteiger partial charge in [0.1, 0.15) is 0 Å². The molecule has 0 bridgehead atoms. The monoisotopic (exact) mass is 307 g/mol. The lowest BCUT2D eigenvalue weighted by Crippen LogP contribution is -2.45. The third-order valence-corrected chi connectivity index (χ3v) is 4.73. The van der Waals surface area contributed by atoms with Crippen molar-refractivity contribution in [2.75, 3.05) is 40.3 Å². The van der Waals surface area contributed by atoms with Crippen molar-refractivity contribution in [2.24, 2.45) is 11.8 Å². The molecule has 2 saturated heterocycles. The first kappa shape index (κ1) is 15.4. The number of piperidine rings is 1. The van der Waals surface area contributed by atoms with Gasteiger partial charge in [0.25, 0.3) is 0 Å². The first-order chi connectivity index (χ1) is 10.6. The molecule has 2 amide bonds. The molecule has 1 aromatic heterocycles. The second kappa shape index (κ2) is 6.71. The van der Waals surface area contributed by atoms with Gasteiger partial charge < -0.3 is 19.4 Å². The molecule has 0 aromatic carbocycles. The molecule has 2 aliphatic heterocycles. The predicted molar refractivity (Wildman–Crippen MR) is 82.4 cm³/mol. The number of furan rings is 1. The number of fused-ring (bicyclic) bond motifs is 1. The zero-order chi connectivity index (χ0) is 15.5. The predicted octanol–water partition coefficient (Wildman–Crippen LogP) is 1.39. The third-order valence-electron chi connectivity index (χ3n) is 4.73. The van der Waals surface area contributed by atoms with Crippen LogP contribution in [0.15, 0.2) is 23.0 Å². The van der Waals surface area contributed by atoms with E-state index in [-0.39, 0.29) is 12.1 Å². The van der Waals surface area contributed by atoms with Crippen molar-refractivity contribution in [1.82, 2.24) is 15.1 Å². The SMILES string of the molecule is CN(C)C(=O)NC[C@@H]1OC[C@H]2CN(Cc3ccoc3)CC[C@H]21. The maximum absolute atomic E-state index is 11.6. The van der Waals surface area contributed by atoms with E-state index in [4.69, 9.17) is 9.15 Å². The van der Waals surface area contributed by atoms with Gasteiger partial charge in [-0.3, -0.25) is 4.90 Å². The number of hydrogen-bond donors (Lipinski definition) is 1. The summed E-state index contributed by atoms with van der Waals surface area (Å²) in [6.07, 6.45) is 4.83. The minimum absolute atomic E-state index is 0.0514. The second-order valence-corrected chi connectivity index (χ2v) is 6.53. The highest BCUT2D eigenvalue weighted by Gasteiger charge is 2.40. The smallest absolute Gasteiger partial charge is 0.316 e. The van der Waals surface area contributed by atoms with Crippen LogP contribution in [0.4, 0.5) is 4.79 Å². The van der Waals surface area contributed by atoms with Gasteiger partial charge in [0.2, 0.25) is 0 Å². The van der Waals surface area contributed by atoms with Gasteiger partial charge >= 0.3 is 6.03 Å². The van der Waals surface area contributed by atoms with Crippen LogP contribution in [0.25, 0.3) is 0 Å². The summed E-state index contributed by atoms with van der Waals surface area (Å²) >= 11 is 0. The summed E-state index contributed by atoms with van der Waals surface area (Å²) in [6, 6.07) is 1.97. The van der Waals surface area contributed by atoms with Crippen LogP contribution in [0.2, 0.25) is 0 Å². The minimum atomic E-state index is -0.0514. The standard InChI is InChI=1S/C16H25N3O3/c1-18(2)16(20)17-7-15-14-3-5-19(9-13(14)11-22-15)8-12-4-6-21-10-12/h4,6,10,13-15H,3,5,7-9,11H2,1-2H3,(H,17,20)/t13-,14-,15+/m1/s1. The van der Waals surface area contributed by atoms with E-state index in [1.165, 1.54) is 5.56 Å². The fourth-order valence-corrected chi connectivity index (χ4v) is 3.50. The van der Waals surface area contributed by atoms with Crippen LogP contribution in [0, 0.1) is 11.8 Å². The molecule has 2 aliphatic rings. The molecule has 6 heteroatoms. The third kappa shape index (κ3) is 3.44. The summed E-state index contributed by atoms with van der Waals surface area (Å²) in [6.45, 7) is 4.50. The number of rotatable bonds is 4. The molecule has 0 radical (unpaired) electrons. The van der Waals surface area contributed by atoms with Gasteiger partial charge in [-0.25, -0.2) is 4.79 Å². The Balaban J connectivity index is 1.48. The Kier molecular flexibility index (Phi) is 4.69. The second-order valence-electron chi connectivity index (χ2n) is 6.53. The van der Waals surface area contributed by atoms with Crippen LogP contribution in [-0.2, 0) is 11.3 Å². The number of ether oxygens (including phenoxy) is 1. The Hall–Kier alpha value is -1.53. The van der Waals surface area contributed by atoms with Gasteiger partial charge in [-0.1, -0.05) is 0 Å². The van der Waals surface area contributed by atoms with Crippen LogP contribution >= 0.6 is 0 Å². The van der Waals surface area contributed by atoms with Crippen LogP contribution in [-0.4, -0.2) is 62.3 Å². The van der Waals surface area contributed by atoms with Gasteiger partial charge in [-0.05, 0) is 24.9 Å². The summed E-state index contributed by atoms with van der Waals surface area (Å²) < 4.78 is 11.1. The zero-order valence-electron chi connectivity index (χ0n) is 13.3. The fourth-order valence-electron chi connectivity index (χ4n) is 3.50. The number of carbonyl (C=O) groups is 1. The van der Waals surface area contributed by atoms with Gasteiger partial charge in [0.15, 0.2) is 0 Å². The van der Waals surface area contributed by atoms with Crippen molar-refractivity contribution < 1.29 is 13.9 Å². The number of amides is 2. The summed E-state index contributed by atoms with van der Waals surface area (Å²) in [4.78, 5) is 15.7. The number of likely N-dealkylation sites (tertiary alicyclic amines) is 1. The van der Waals surface area contributed by atoms with Crippen LogP contribution in [0.1, 0.15) is 12.0 Å². The zero-order valence-corrected chi connectivity index (χ0v) is 13.3. The van der Waals surface area contributed by atoms with Crippen LogP contribution in [0.5, 0.6) is 0 Å². The first-order valence-corrected chi connectivity index (χ1v) is 7.93. The molecule has 0 spiro atoms. The Bertz CT molecular complexity index is 489. The Morgan fingerprint density at radius 1 is 1.50 bits per heavy atom. The molecule has 0 aliphatic carbocycles. The van der Waals surface area contributed by atoms with Crippen molar-refractivity contribution in [1.29, 1.82) is 0 Å². The largest absolute Gasteiger partial charge is 0.472 e. The molecular weight excluding hydrogens is 282 g/mol. The molecule has 22 heavy (non-hydrogen) atoms. The summed E-state index contributed by atoms with van der Waals surface area (Å²) in [5.41, 5.74) is 1.23. The highest BCUT2D eigenvalue weighted by molar-refractivity contribution is 5.73. The molecule has 3 atom stereocenters. The number of carbonyl (C=O) groups excluding carboxylic acids is 1. The summed E-state index contributed by atoms with van der Waals surface area (Å²) in [7, 11) is 3.50. The van der Waals surface area contributed by atoms with Crippen molar-refractivity contribution in [3.05, 3.63) is 24.2 Å². The average Bonchev–Trinajstić information content (AvgIpc) is 3.14. The van der Waals surface area contributed by atoms with E-state index in [2.05, 4.69) is 10.2 Å². The van der Waals surface area contributed by atoms with Crippen LogP contribution in [0.3, 0.4) is 0 Å². The average molecular weight is 307 g/mol. The molecule has 2 fully saturated rings. The molecule has 1 N–H and O–H groups in total. The molecule has 122 valence electrons. The van der Waals surface area contributed by atoms with Gasteiger partial charge in [-0.2, -0.15) is 0 Å². The first-order valence-electron chi connectivity index (χ1n) is 7.93. The van der Waals surface area contributed by atoms with Crippen molar-refractivity contribution >= 4 is 6.03 Å². The van der Waals surface area contributed by atoms with E-state index in [0.29, 0.717) is 18.4 Å². The molecule has 1 aromatic rings. The van der Waals surface area contributed by atoms with E-state index in [9.17, 15) is 4.79 Å². The molecule has 0 unspecified atom stereocenters. The molecule has 6 nitrogen and oxygen atoms in total. The van der Waals surface area contributed by atoms with E-state index >= 15 is 0 Å². The quantitative estimate of drug-likeness (QED) is 0.913. The van der Waals surface area contributed by atoms with Gasteiger partial charge in [0.05, 0.1) is 25.2 Å². The van der Waals surface area contributed by atoms with Crippen molar-refractivity contribution in [2.45, 2.75) is 19.1 Å². The van der Waals surface area contributed by atoms with E-state index < -0.39 is 0 Å². The number of nitrogens with one attached hydrogen (secondary N) is 1. The minimum Gasteiger partial charge on any atom is -0.472 e. The Morgan fingerprint density at radius 2 is 2.36 bits per heavy atom. The topological polar surface area (TPSA) is 58.0 Å². The Labute approximate surface area is 131 Å². The lowest BCUT2D eigenvalue weighted by Gasteiger charge is -2.35. The van der Waals surface area contributed by atoms with Crippen LogP contribution < -0.4 is 5.32 Å². The highest BCUT2D eigenvalue weighted by Crippen LogP contribution is 2.34. The lowest BCUT2D eigenvalue weighted by molar-refractivity contribution is 0.0846. The molecule has 3 heterocycles. The van der Waals surface area contributed by atoms with Gasteiger partial charge in [-0.15, -0.1) is 0 Å². The van der Waals surface area contributed by atoms with E-state index in [0.717, 1.165) is 32.7 Å². The normalized spacial score (nSPS) is 28.4. The number of nitrogens with zero attached hydrogens (tertiary/aromatic N) is 2. The molecule has 0 saturated carbocycles. The Morgan fingerprint density at radius 3 is 3.09 bits per heavy atom. The summed E-state index contributed by atoms with van der Waals surface area (Å²) in [5.74, 6) is 1.13. The summed E-state index contributed by atoms with van der Waals surface area (Å²) in [5, 5.41) is 2.94. The van der Waals surface area contributed by atoms with Crippen molar-refractivity contribution in [3.63, 3.8) is 0 Å². The van der Waals surface area contributed by atoms with Crippen molar-refractivity contribution in [3.8, 4) is 0 Å². The molecular formula is C16H25N3O3. The van der Waals surface area contributed by atoms with E-state index in [1.807, 2.05) is 12.3 Å². The molecule has 3 rings (SSSR count). The maximum Gasteiger partial charge on any atom is 0.316 e. The lowest BCUT2D eigenvalue weighted by atomic mass is 9.84.